The van der Waals surface area contributed by atoms with Gasteiger partial charge < -0.3 is 18.9 Å². The molecular formula is C52H54F2N10O6. The Balaban J connectivity index is 1.06. The fraction of sp³-hybridized carbons (Fsp3) is 0.423. The van der Waals surface area contributed by atoms with E-state index < -0.39 is 34.3 Å². The van der Waals surface area contributed by atoms with E-state index in [0.29, 0.717) is 90.0 Å². The maximum absolute atomic E-state index is 16.4. The van der Waals surface area contributed by atoms with Crippen LogP contribution in [0.1, 0.15) is 116 Å². The van der Waals surface area contributed by atoms with Gasteiger partial charge in [0.15, 0.2) is 11.6 Å². The number of aromatic nitrogens is 9. The quantitative estimate of drug-likeness (QED) is 0.167. The predicted molar refractivity (Wildman–Crippen MR) is 255 cm³/mol. The second-order valence-corrected chi connectivity index (χ2v) is 20.8. The molecule has 3 aliphatic heterocycles. The standard InChI is InChI=1S/C52H54F2N10O6/c1-28-20-35(21-29(2)42(28)53)64-45(61-16-15-60(49(61)67)39-11-10-38-36(43(39)54)26-55-59(38)7)41-31(4)62(27-51(44(41)57-64)13-18-68-19-14-51)46(65)40-23-34-22-32(33-12-17-69-50(5,6)25-33)8-9-37(34)63(40)52(24-30(52)3)47-56-48(66)70-58-47/h8-11,15-16,20-23,26,30-31,33H,12-14,17-19,24-25,27H2,1-7H3,(H,56,58,66)/t30-,31-,33-,52-/m0/s1. The first-order valence-electron chi connectivity index (χ1n) is 24.1. The molecule has 1 N–H and O–H groups in total. The molecule has 0 radical (unpaired) electrons. The Morgan fingerprint density at radius 1 is 0.900 bits per heavy atom. The molecule has 1 amide bonds. The Morgan fingerprint density at radius 3 is 2.33 bits per heavy atom. The van der Waals surface area contributed by atoms with Gasteiger partial charge in [-0.2, -0.15) is 10.2 Å². The molecule has 16 nitrogen and oxygen atoms in total. The highest BCUT2D eigenvalue weighted by molar-refractivity contribution is 6.00. The van der Waals surface area contributed by atoms with Crippen molar-refractivity contribution >= 4 is 27.7 Å². The summed E-state index contributed by atoms with van der Waals surface area (Å²) < 4.78 is 56.9. The number of ether oxygens (including phenoxy) is 2. The molecule has 5 aromatic heterocycles. The lowest BCUT2D eigenvalue weighted by Crippen LogP contribution is -2.52. The monoisotopic (exact) mass is 952 g/mol. The number of halogens is 2. The number of H-pyrrole nitrogens is 1. The van der Waals surface area contributed by atoms with E-state index in [1.807, 2.05) is 22.5 Å². The lowest BCUT2D eigenvalue weighted by atomic mass is 9.71. The van der Waals surface area contributed by atoms with Crippen molar-refractivity contribution < 1.29 is 27.6 Å². The van der Waals surface area contributed by atoms with Crippen molar-refractivity contribution in [1.82, 2.24) is 48.3 Å². The number of amides is 1. The molecule has 3 aromatic carbocycles. The van der Waals surface area contributed by atoms with Gasteiger partial charge in [-0.15, -0.1) is 0 Å². The van der Waals surface area contributed by atoms with E-state index in [9.17, 15) is 4.79 Å². The number of fused-ring (bicyclic) bond motifs is 4. The molecule has 3 fully saturated rings. The topological polar surface area (TPSA) is 165 Å². The largest absolute Gasteiger partial charge is 0.438 e. The van der Waals surface area contributed by atoms with Gasteiger partial charge in [0.2, 0.25) is 0 Å². The number of benzene rings is 3. The van der Waals surface area contributed by atoms with Crippen molar-refractivity contribution in [2.45, 2.75) is 102 Å². The highest BCUT2D eigenvalue weighted by Crippen LogP contribution is 2.56. The third-order valence-corrected chi connectivity index (χ3v) is 16.0. The number of carbonyl (C=O) groups excluding carboxylic acids is 1. The molecule has 4 aliphatic rings. The van der Waals surface area contributed by atoms with Gasteiger partial charge >= 0.3 is 11.4 Å². The zero-order chi connectivity index (χ0) is 48.8. The third-order valence-electron chi connectivity index (χ3n) is 16.0. The first-order chi connectivity index (χ1) is 33.5. The Labute approximate surface area is 400 Å². The van der Waals surface area contributed by atoms with Gasteiger partial charge in [-0.05, 0) is 138 Å². The van der Waals surface area contributed by atoms with Crippen LogP contribution in [-0.2, 0) is 27.5 Å². The summed E-state index contributed by atoms with van der Waals surface area (Å²) in [6.07, 6.45) is 7.90. The number of carbonyl (C=O) groups is 1. The number of nitrogens with one attached hydrogen (secondary N) is 1. The molecule has 1 aliphatic carbocycles. The average Bonchev–Trinajstić information content (AvgIpc) is 3.98. The molecule has 0 bridgehead atoms. The molecule has 2 saturated heterocycles. The normalized spacial score (nSPS) is 22.9. The minimum absolute atomic E-state index is 0.0225. The molecule has 70 heavy (non-hydrogen) atoms. The Morgan fingerprint density at radius 2 is 1.63 bits per heavy atom. The Hall–Kier alpha value is -6.92. The maximum Gasteiger partial charge on any atom is 0.438 e. The summed E-state index contributed by atoms with van der Waals surface area (Å²) in [5, 5.41) is 15.0. The summed E-state index contributed by atoms with van der Waals surface area (Å²) in [5.74, 6) is -0.975. The summed E-state index contributed by atoms with van der Waals surface area (Å²) in [6.45, 7) is 13.4. The van der Waals surface area contributed by atoms with E-state index in [0.717, 1.165) is 29.3 Å². The number of aryl methyl sites for hydroxylation is 3. The van der Waals surface area contributed by atoms with Crippen molar-refractivity contribution in [2.24, 2.45) is 13.0 Å². The predicted octanol–water partition coefficient (Wildman–Crippen LogP) is 7.95. The third kappa shape index (κ3) is 6.51. The van der Waals surface area contributed by atoms with Gasteiger partial charge in [-0.3, -0.25) is 28.1 Å². The molecule has 18 heteroatoms. The molecule has 12 rings (SSSR count). The molecule has 362 valence electrons. The van der Waals surface area contributed by atoms with Crippen molar-refractivity contribution in [2.75, 3.05) is 26.4 Å². The summed E-state index contributed by atoms with van der Waals surface area (Å²) in [6, 6.07) is 14.3. The summed E-state index contributed by atoms with van der Waals surface area (Å²) in [4.78, 5) is 48.5. The minimum atomic E-state index is -0.889. The zero-order valence-electron chi connectivity index (χ0n) is 40.2. The fourth-order valence-electron chi connectivity index (χ4n) is 12.2. The van der Waals surface area contributed by atoms with Crippen molar-refractivity contribution in [3.05, 3.63) is 139 Å². The van der Waals surface area contributed by atoms with Gasteiger partial charge in [-0.25, -0.2) is 23.1 Å². The van der Waals surface area contributed by atoms with Crippen LogP contribution in [0.15, 0.2) is 81.2 Å². The van der Waals surface area contributed by atoms with Crippen LogP contribution < -0.4 is 11.4 Å². The number of rotatable bonds is 7. The van der Waals surface area contributed by atoms with E-state index in [1.165, 1.54) is 21.5 Å². The van der Waals surface area contributed by atoms with Crippen LogP contribution in [-0.4, -0.2) is 86.2 Å². The molecule has 1 saturated carbocycles. The summed E-state index contributed by atoms with van der Waals surface area (Å²) >= 11 is 0. The molecule has 8 aromatic rings. The first-order valence-corrected chi connectivity index (χ1v) is 24.1. The van der Waals surface area contributed by atoms with Gasteiger partial charge in [0.05, 0.1) is 45.8 Å². The lowest BCUT2D eigenvalue weighted by molar-refractivity contribution is -0.0592. The number of aromatic amines is 1. The van der Waals surface area contributed by atoms with Gasteiger partial charge in [-0.1, -0.05) is 18.1 Å². The zero-order valence-corrected chi connectivity index (χ0v) is 40.2. The lowest BCUT2D eigenvalue weighted by Gasteiger charge is -2.47. The molecule has 8 heterocycles. The van der Waals surface area contributed by atoms with Crippen LogP contribution in [0, 0.1) is 31.4 Å². The van der Waals surface area contributed by atoms with Crippen molar-refractivity contribution in [1.29, 1.82) is 0 Å². The Kier molecular flexibility index (Phi) is 9.83. The second-order valence-electron chi connectivity index (χ2n) is 20.8. The van der Waals surface area contributed by atoms with Crippen molar-refractivity contribution in [3.63, 3.8) is 0 Å². The molecule has 1 spiro atoms. The van der Waals surface area contributed by atoms with E-state index in [1.54, 1.807) is 60.7 Å². The van der Waals surface area contributed by atoms with E-state index in [2.05, 4.69) is 54.2 Å². The van der Waals surface area contributed by atoms with E-state index in [4.69, 9.17) is 19.1 Å². The molecule has 4 atom stereocenters. The maximum atomic E-state index is 16.4. The minimum Gasteiger partial charge on any atom is -0.381 e. The second kappa shape index (κ2) is 15.5. The van der Waals surface area contributed by atoms with Crippen LogP contribution >= 0.6 is 0 Å². The van der Waals surface area contributed by atoms with Crippen LogP contribution in [0.4, 0.5) is 8.78 Å². The smallest absolute Gasteiger partial charge is 0.381 e. The van der Waals surface area contributed by atoms with Crippen LogP contribution in [0.25, 0.3) is 39.0 Å². The fourth-order valence-corrected chi connectivity index (χ4v) is 12.2. The molecule has 0 unspecified atom stereocenters. The number of hydrogen-bond donors (Lipinski definition) is 1. The summed E-state index contributed by atoms with van der Waals surface area (Å²) in [7, 11) is 1.72. The van der Waals surface area contributed by atoms with E-state index >= 15 is 18.4 Å². The van der Waals surface area contributed by atoms with Gasteiger partial charge in [0, 0.05) is 67.7 Å². The van der Waals surface area contributed by atoms with Crippen LogP contribution in [0.2, 0.25) is 0 Å². The Bertz CT molecular complexity index is 3560. The number of imidazole rings is 1. The molecular weight excluding hydrogens is 899 g/mol. The van der Waals surface area contributed by atoms with E-state index in [-0.39, 0.29) is 46.8 Å². The number of nitrogens with zero attached hydrogens (tertiary/aromatic N) is 9. The highest BCUT2D eigenvalue weighted by atomic mass is 19.1. The highest BCUT2D eigenvalue weighted by Gasteiger charge is 2.60. The number of hydrogen-bond acceptors (Lipinski definition) is 9. The summed E-state index contributed by atoms with van der Waals surface area (Å²) in [5.41, 5.74) is 3.17. The van der Waals surface area contributed by atoms with Gasteiger partial charge in [0.25, 0.3) is 5.91 Å². The van der Waals surface area contributed by atoms with Crippen molar-refractivity contribution in [3.8, 4) is 17.2 Å². The van der Waals surface area contributed by atoms with Crippen LogP contribution in [0.5, 0.6) is 0 Å². The van der Waals surface area contributed by atoms with Crippen LogP contribution in [0.3, 0.4) is 0 Å². The SMILES string of the molecule is Cc1cc(-n2nc3c(c2-n2ccn(-c4ccc5c(cnn5C)c4F)c2=O)[C@H](C)N(C(=O)c2cc4cc([C@H]5CCOC(C)(C)C5)ccc4n2[C@@]2(c4noc(=O)[nH]4)C[C@@H]2C)CC32CCOCC2)cc(C)c1F. The first kappa shape index (κ1) is 44.3. The van der Waals surface area contributed by atoms with Gasteiger partial charge in [0.1, 0.15) is 22.9 Å². The average molecular weight is 953 g/mol.